The minimum atomic E-state index is -0.243. The maximum atomic E-state index is 11.8. The summed E-state index contributed by atoms with van der Waals surface area (Å²) in [5.41, 5.74) is 0. The zero-order valence-corrected chi connectivity index (χ0v) is 11.8. The molecule has 104 valence electrons. The number of aryl methyl sites for hydroxylation is 1. The molecule has 1 aromatic rings. The van der Waals surface area contributed by atoms with Crippen LogP contribution in [-0.4, -0.2) is 36.3 Å². The highest BCUT2D eigenvalue weighted by atomic mass is 16.3. The van der Waals surface area contributed by atoms with Crippen LogP contribution in [0.3, 0.4) is 0 Å². The molecule has 19 heavy (non-hydrogen) atoms. The summed E-state index contributed by atoms with van der Waals surface area (Å²) in [4.78, 5) is 24.6. The van der Waals surface area contributed by atoms with Crippen LogP contribution in [0.15, 0.2) is 22.6 Å². The van der Waals surface area contributed by atoms with Crippen molar-refractivity contribution in [2.24, 2.45) is 0 Å². The van der Waals surface area contributed by atoms with Gasteiger partial charge < -0.3 is 14.6 Å². The van der Waals surface area contributed by atoms with E-state index >= 15 is 0 Å². The minimum Gasteiger partial charge on any atom is -0.462 e. The summed E-state index contributed by atoms with van der Waals surface area (Å²) in [6, 6.07) is 3.67. The van der Waals surface area contributed by atoms with Crippen LogP contribution in [-0.2, 0) is 9.59 Å². The van der Waals surface area contributed by atoms with E-state index in [1.54, 1.807) is 19.2 Å². The average molecular weight is 264 g/mol. The van der Waals surface area contributed by atoms with Gasteiger partial charge in [-0.2, -0.15) is 0 Å². The number of carbonyl (C=O) groups is 2. The Bertz CT molecular complexity index is 475. The lowest BCUT2D eigenvalue weighted by Crippen LogP contribution is -2.40. The van der Waals surface area contributed by atoms with Crippen molar-refractivity contribution in [2.75, 3.05) is 13.6 Å². The van der Waals surface area contributed by atoms with Crippen molar-refractivity contribution in [3.05, 3.63) is 29.7 Å². The summed E-state index contributed by atoms with van der Waals surface area (Å²) in [7, 11) is 1.58. The van der Waals surface area contributed by atoms with Crippen molar-refractivity contribution in [1.82, 2.24) is 10.2 Å². The number of hydrogen-bond acceptors (Lipinski definition) is 3. The van der Waals surface area contributed by atoms with Crippen molar-refractivity contribution in [3.8, 4) is 0 Å². The Labute approximate surface area is 113 Å². The fourth-order valence-corrected chi connectivity index (χ4v) is 1.48. The van der Waals surface area contributed by atoms with Gasteiger partial charge in [0.15, 0.2) is 0 Å². The topological polar surface area (TPSA) is 62.6 Å². The first-order valence-electron chi connectivity index (χ1n) is 6.17. The van der Waals surface area contributed by atoms with E-state index in [1.165, 1.54) is 11.0 Å². The molecular formula is C14H20N2O3. The zero-order valence-electron chi connectivity index (χ0n) is 11.8. The van der Waals surface area contributed by atoms with Crippen LogP contribution in [0.2, 0.25) is 0 Å². The van der Waals surface area contributed by atoms with Crippen LogP contribution in [0, 0.1) is 6.92 Å². The smallest absolute Gasteiger partial charge is 0.246 e. The monoisotopic (exact) mass is 264 g/mol. The highest BCUT2D eigenvalue weighted by Crippen LogP contribution is 2.08. The van der Waals surface area contributed by atoms with E-state index in [0.29, 0.717) is 5.76 Å². The molecule has 2 amide bonds. The summed E-state index contributed by atoms with van der Waals surface area (Å²) in [6.45, 7) is 5.62. The van der Waals surface area contributed by atoms with Crippen LogP contribution in [0.1, 0.15) is 25.4 Å². The van der Waals surface area contributed by atoms with Gasteiger partial charge in [0.05, 0.1) is 6.54 Å². The van der Waals surface area contributed by atoms with Gasteiger partial charge in [-0.25, -0.2) is 0 Å². The van der Waals surface area contributed by atoms with Gasteiger partial charge in [0.1, 0.15) is 11.5 Å². The quantitative estimate of drug-likeness (QED) is 0.821. The van der Waals surface area contributed by atoms with Gasteiger partial charge in [0, 0.05) is 19.2 Å². The number of rotatable bonds is 5. The molecule has 0 unspecified atom stereocenters. The Morgan fingerprint density at radius 3 is 2.63 bits per heavy atom. The van der Waals surface area contributed by atoms with Gasteiger partial charge in [0.25, 0.3) is 0 Å². The molecule has 0 saturated carbocycles. The first-order chi connectivity index (χ1) is 8.88. The predicted octanol–water partition coefficient (Wildman–Crippen LogP) is 1.58. The average Bonchev–Trinajstić information content (AvgIpc) is 2.70. The van der Waals surface area contributed by atoms with E-state index in [9.17, 15) is 9.59 Å². The van der Waals surface area contributed by atoms with Crippen LogP contribution >= 0.6 is 0 Å². The Morgan fingerprint density at radius 2 is 2.11 bits per heavy atom. The SMILES string of the molecule is Cc1ccc(/C=C/C(=O)N(C)CC(=O)NC(C)C)o1. The first-order valence-corrected chi connectivity index (χ1v) is 6.17. The van der Waals surface area contributed by atoms with E-state index < -0.39 is 0 Å². The van der Waals surface area contributed by atoms with Crippen molar-refractivity contribution in [2.45, 2.75) is 26.8 Å². The van der Waals surface area contributed by atoms with E-state index in [-0.39, 0.29) is 24.4 Å². The van der Waals surface area contributed by atoms with Crippen LogP contribution in [0.25, 0.3) is 6.08 Å². The van der Waals surface area contributed by atoms with Gasteiger partial charge in [-0.05, 0) is 39.0 Å². The lowest BCUT2D eigenvalue weighted by molar-refractivity contribution is -0.131. The third-order valence-corrected chi connectivity index (χ3v) is 2.36. The van der Waals surface area contributed by atoms with Gasteiger partial charge in [-0.3, -0.25) is 9.59 Å². The molecule has 5 nitrogen and oxygen atoms in total. The lowest BCUT2D eigenvalue weighted by atomic mass is 10.3. The number of hydrogen-bond donors (Lipinski definition) is 1. The maximum absolute atomic E-state index is 11.8. The molecule has 0 atom stereocenters. The number of carbonyl (C=O) groups excluding carboxylic acids is 2. The molecule has 0 saturated heterocycles. The Kier molecular flexibility index (Phi) is 5.36. The molecule has 0 bridgehead atoms. The fourth-order valence-electron chi connectivity index (χ4n) is 1.48. The lowest BCUT2D eigenvalue weighted by Gasteiger charge is -2.16. The van der Waals surface area contributed by atoms with E-state index in [1.807, 2.05) is 26.8 Å². The number of amides is 2. The molecule has 0 radical (unpaired) electrons. The van der Waals surface area contributed by atoms with Crippen molar-refractivity contribution in [3.63, 3.8) is 0 Å². The van der Waals surface area contributed by atoms with Crippen LogP contribution in [0.4, 0.5) is 0 Å². The molecule has 1 rings (SSSR count). The first kappa shape index (κ1) is 15.0. The molecule has 0 aliphatic carbocycles. The zero-order chi connectivity index (χ0) is 14.4. The maximum Gasteiger partial charge on any atom is 0.246 e. The molecule has 0 spiro atoms. The molecule has 0 aromatic carbocycles. The molecule has 5 heteroatoms. The van der Waals surface area contributed by atoms with Gasteiger partial charge in [0.2, 0.25) is 11.8 Å². The third-order valence-electron chi connectivity index (χ3n) is 2.36. The van der Waals surface area contributed by atoms with Crippen LogP contribution < -0.4 is 5.32 Å². The fraction of sp³-hybridized carbons (Fsp3) is 0.429. The number of nitrogens with zero attached hydrogens (tertiary/aromatic N) is 1. The summed E-state index contributed by atoms with van der Waals surface area (Å²) in [6.07, 6.45) is 2.98. The molecule has 0 fully saturated rings. The second kappa shape index (κ2) is 6.78. The van der Waals surface area contributed by atoms with Gasteiger partial charge >= 0.3 is 0 Å². The standard InChI is InChI=1S/C14H20N2O3/c1-10(2)15-13(17)9-16(4)14(18)8-7-12-6-5-11(3)19-12/h5-8,10H,9H2,1-4H3,(H,15,17)/b8-7+. The number of furan rings is 1. The summed E-state index contributed by atoms with van der Waals surface area (Å²) >= 11 is 0. The normalized spacial score (nSPS) is 11.0. The summed E-state index contributed by atoms with van der Waals surface area (Å²) < 4.78 is 5.31. The molecule has 0 aliphatic heterocycles. The van der Waals surface area contributed by atoms with Crippen LogP contribution in [0.5, 0.6) is 0 Å². The highest BCUT2D eigenvalue weighted by molar-refractivity contribution is 5.93. The molecule has 1 N–H and O–H groups in total. The Morgan fingerprint density at radius 1 is 1.42 bits per heavy atom. The highest BCUT2D eigenvalue weighted by Gasteiger charge is 2.11. The molecule has 1 heterocycles. The van der Waals surface area contributed by atoms with Crippen molar-refractivity contribution in [1.29, 1.82) is 0 Å². The van der Waals surface area contributed by atoms with Crippen molar-refractivity contribution < 1.29 is 14.0 Å². The Balaban J connectivity index is 2.48. The second-order valence-corrected chi connectivity index (χ2v) is 4.70. The number of likely N-dealkylation sites (N-methyl/N-ethyl adjacent to an activating group) is 1. The largest absolute Gasteiger partial charge is 0.462 e. The Hall–Kier alpha value is -2.04. The van der Waals surface area contributed by atoms with Gasteiger partial charge in [-0.15, -0.1) is 0 Å². The minimum absolute atomic E-state index is 0.0402. The van der Waals surface area contributed by atoms with E-state index in [2.05, 4.69) is 5.32 Å². The third kappa shape index (κ3) is 5.42. The molecule has 1 aromatic heterocycles. The second-order valence-electron chi connectivity index (χ2n) is 4.70. The summed E-state index contributed by atoms with van der Waals surface area (Å²) in [5.74, 6) is 0.990. The molecular weight excluding hydrogens is 244 g/mol. The predicted molar refractivity (Wildman–Crippen MR) is 73.4 cm³/mol. The number of nitrogens with one attached hydrogen (secondary N) is 1. The summed E-state index contributed by atoms with van der Waals surface area (Å²) in [5, 5.41) is 2.73. The van der Waals surface area contributed by atoms with Crippen molar-refractivity contribution >= 4 is 17.9 Å². The molecule has 0 aliphatic rings. The van der Waals surface area contributed by atoms with E-state index in [4.69, 9.17) is 4.42 Å². The van der Waals surface area contributed by atoms with Gasteiger partial charge in [-0.1, -0.05) is 0 Å². The van der Waals surface area contributed by atoms with E-state index in [0.717, 1.165) is 5.76 Å².